The minimum Gasteiger partial charge on any atom is -0.461 e. The normalized spacial score (nSPS) is 25.2. The minimum absolute atomic E-state index is 0.00488. The zero-order valence-corrected chi connectivity index (χ0v) is 15.5. The van der Waals surface area contributed by atoms with E-state index in [4.69, 9.17) is 10.5 Å². The van der Waals surface area contributed by atoms with E-state index in [1.54, 1.807) is 0 Å². The predicted octanol–water partition coefficient (Wildman–Crippen LogP) is 4.04. The van der Waals surface area contributed by atoms with Crippen molar-refractivity contribution >= 4 is 16.9 Å². The second-order valence-corrected chi connectivity index (χ2v) is 7.97. The Morgan fingerprint density at radius 1 is 1.32 bits per heavy atom. The highest BCUT2D eigenvalue weighted by Crippen LogP contribution is 2.35. The Bertz CT molecular complexity index is 722. The van der Waals surface area contributed by atoms with Gasteiger partial charge in [-0.1, -0.05) is 45.4 Å². The third-order valence-corrected chi connectivity index (χ3v) is 5.65. The van der Waals surface area contributed by atoms with E-state index in [9.17, 15) is 4.79 Å². The van der Waals surface area contributed by atoms with Crippen LogP contribution in [0.1, 0.15) is 45.6 Å². The van der Waals surface area contributed by atoms with E-state index in [1.807, 2.05) is 24.4 Å². The number of aromatic amines is 1. The van der Waals surface area contributed by atoms with Gasteiger partial charge in [-0.2, -0.15) is 0 Å². The molecule has 0 amide bonds. The van der Waals surface area contributed by atoms with Crippen molar-refractivity contribution in [2.45, 2.75) is 58.6 Å². The average Bonchev–Trinajstić information content (AvgIpc) is 2.97. The number of esters is 1. The summed E-state index contributed by atoms with van der Waals surface area (Å²) >= 11 is 0. The Kier molecular flexibility index (Phi) is 5.48. The number of H-pyrrole nitrogens is 1. The van der Waals surface area contributed by atoms with Crippen LogP contribution < -0.4 is 5.73 Å². The minimum atomic E-state index is -0.621. The van der Waals surface area contributed by atoms with Crippen molar-refractivity contribution in [1.29, 1.82) is 0 Å². The number of carbonyl (C=O) groups excluding carboxylic acids is 1. The summed E-state index contributed by atoms with van der Waals surface area (Å²) in [5.74, 6) is 1.31. The van der Waals surface area contributed by atoms with E-state index in [0.29, 0.717) is 24.2 Å². The van der Waals surface area contributed by atoms with Crippen molar-refractivity contribution in [2.24, 2.45) is 23.5 Å². The number of benzene rings is 1. The summed E-state index contributed by atoms with van der Waals surface area (Å²) in [4.78, 5) is 15.8. The summed E-state index contributed by atoms with van der Waals surface area (Å²) in [6.45, 7) is 6.67. The quantitative estimate of drug-likeness (QED) is 0.806. The Morgan fingerprint density at radius 3 is 2.84 bits per heavy atom. The van der Waals surface area contributed by atoms with Gasteiger partial charge in [0.15, 0.2) is 0 Å². The molecule has 3 N–H and O–H groups in total. The summed E-state index contributed by atoms with van der Waals surface area (Å²) in [6, 6.07) is 7.45. The lowest BCUT2D eigenvalue weighted by Crippen LogP contribution is -2.41. The van der Waals surface area contributed by atoms with Gasteiger partial charge in [0.05, 0.1) is 0 Å². The van der Waals surface area contributed by atoms with Crippen LogP contribution in [0.2, 0.25) is 0 Å². The van der Waals surface area contributed by atoms with Gasteiger partial charge in [-0.15, -0.1) is 0 Å². The summed E-state index contributed by atoms with van der Waals surface area (Å²) in [5, 5.41) is 1.12. The molecule has 1 aliphatic carbocycles. The molecule has 4 nitrogen and oxygen atoms in total. The van der Waals surface area contributed by atoms with E-state index < -0.39 is 6.04 Å². The fourth-order valence-electron chi connectivity index (χ4n) is 4.11. The van der Waals surface area contributed by atoms with Gasteiger partial charge in [0.2, 0.25) is 0 Å². The number of ether oxygens (including phenoxy) is 1. The summed E-state index contributed by atoms with van der Waals surface area (Å²) in [6.07, 6.45) is 5.75. The van der Waals surface area contributed by atoms with Crippen molar-refractivity contribution in [3.05, 3.63) is 36.0 Å². The van der Waals surface area contributed by atoms with Crippen LogP contribution in [0.3, 0.4) is 0 Å². The summed E-state index contributed by atoms with van der Waals surface area (Å²) < 4.78 is 5.88. The lowest BCUT2D eigenvalue weighted by molar-refractivity contribution is -0.157. The number of para-hydroxylation sites is 1. The number of carbonyl (C=O) groups is 1. The van der Waals surface area contributed by atoms with Gasteiger partial charge in [0.1, 0.15) is 12.1 Å². The number of nitrogens with one attached hydrogen (secondary N) is 1. The maximum atomic E-state index is 12.6. The second-order valence-electron chi connectivity index (χ2n) is 7.97. The maximum Gasteiger partial charge on any atom is 0.323 e. The molecule has 3 unspecified atom stereocenters. The average molecular weight is 342 g/mol. The zero-order valence-electron chi connectivity index (χ0n) is 15.5. The van der Waals surface area contributed by atoms with Crippen molar-refractivity contribution in [2.75, 3.05) is 0 Å². The molecule has 0 saturated heterocycles. The SMILES string of the molecule is CC1CCC(C(C)C)C(OC(=O)[C@@H](N)Cc2c[nH]c3ccccc23)C1. The number of hydrogen-bond acceptors (Lipinski definition) is 3. The summed E-state index contributed by atoms with van der Waals surface area (Å²) in [5.41, 5.74) is 8.32. The van der Waals surface area contributed by atoms with Crippen LogP contribution in [0.25, 0.3) is 10.9 Å². The van der Waals surface area contributed by atoms with Gasteiger partial charge in [-0.05, 0) is 42.2 Å². The molecule has 1 heterocycles. The molecule has 1 aromatic carbocycles. The number of rotatable bonds is 5. The molecular formula is C21H30N2O2. The van der Waals surface area contributed by atoms with Gasteiger partial charge >= 0.3 is 5.97 Å². The van der Waals surface area contributed by atoms with Crippen LogP contribution >= 0.6 is 0 Å². The fraction of sp³-hybridized carbons (Fsp3) is 0.571. The van der Waals surface area contributed by atoms with Crippen molar-refractivity contribution in [1.82, 2.24) is 4.98 Å². The largest absolute Gasteiger partial charge is 0.461 e. The van der Waals surface area contributed by atoms with Gasteiger partial charge in [-0.3, -0.25) is 4.79 Å². The van der Waals surface area contributed by atoms with Crippen LogP contribution in [0.15, 0.2) is 30.5 Å². The second kappa shape index (κ2) is 7.61. The van der Waals surface area contributed by atoms with Crippen LogP contribution in [0, 0.1) is 17.8 Å². The molecule has 1 fully saturated rings. The number of nitrogens with two attached hydrogens (primary N) is 1. The standard InChI is InChI=1S/C21H30N2O2/c1-13(2)16-9-8-14(3)10-20(16)25-21(24)18(22)11-15-12-23-19-7-5-4-6-17(15)19/h4-7,12-14,16,18,20,23H,8-11,22H2,1-3H3/t14?,16?,18-,20?/m0/s1. The molecular weight excluding hydrogens is 312 g/mol. The van der Waals surface area contributed by atoms with Gasteiger partial charge < -0.3 is 15.5 Å². The first kappa shape index (κ1) is 18.0. The van der Waals surface area contributed by atoms with Gasteiger partial charge in [-0.25, -0.2) is 0 Å². The smallest absolute Gasteiger partial charge is 0.323 e. The zero-order chi connectivity index (χ0) is 18.0. The van der Waals surface area contributed by atoms with E-state index in [0.717, 1.165) is 29.3 Å². The molecule has 1 aliphatic rings. The molecule has 1 saturated carbocycles. The molecule has 4 heteroatoms. The van der Waals surface area contributed by atoms with Crippen molar-refractivity contribution in [3.63, 3.8) is 0 Å². The van der Waals surface area contributed by atoms with Gasteiger partial charge in [0, 0.05) is 23.5 Å². The first-order valence-corrected chi connectivity index (χ1v) is 9.46. The molecule has 25 heavy (non-hydrogen) atoms. The van der Waals surface area contributed by atoms with Crippen LogP contribution in [-0.4, -0.2) is 23.1 Å². The lowest BCUT2D eigenvalue weighted by atomic mass is 9.75. The molecule has 0 aliphatic heterocycles. The Balaban J connectivity index is 1.65. The highest BCUT2D eigenvalue weighted by atomic mass is 16.5. The van der Waals surface area contributed by atoms with E-state index >= 15 is 0 Å². The lowest BCUT2D eigenvalue weighted by Gasteiger charge is -2.37. The Hall–Kier alpha value is -1.81. The number of fused-ring (bicyclic) bond motifs is 1. The van der Waals surface area contributed by atoms with Crippen LogP contribution in [0.5, 0.6) is 0 Å². The van der Waals surface area contributed by atoms with E-state index in [-0.39, 0.29) is 12.1 Å². The highest BCUT2D eigenvalue weighted by Gasteiger charge is 2.34. The molecule has 1 aromatic heterocycles. The Labute approximate surface area is 150 Å². The Morgan fingerprint density at radius 2 is 2.08 bits per heavy atom. The molecule has 0 radical (unpaired) electrons. The fourth-order valence-corrected chi connectivity index (χ4v) is 4.11. The van der Waals surface area contributed by atoms with Crippen molar-refractivity contribution < 1.29 is 9.53 Å². The predicted molar refractivity (Wildman–Crippen MR) is 101 cm³/mol. The molecule has 136 valence electrons. The van der Waals surface area contributed by atoms with E-state index in [1.165, 1.54) is 6.42 Å². The molecule has 3 rings (SSSR count). The van der Waals surface area contributed by atoms with E-state index in [2.05, 4.69) is 31.8 Å². The maximum absolute atomic E-state index is 12.6. The van der Waals surface area contributed by atoms with Crippen LogP contribution in [-0.2, 0) is 16.0 Å². The summed E-state index contributed by atoms with van der Waals surface area (Å²) in [7, 11) is 0. The van der Waals surface area contributed by atoms with Gasteiger partial charge in [0.25, 0.3) is 0 Å². The third kappa shape index (κ3) is 4.06. The molecule has 0 bridgehead atoms. The van der Waals surface area contributed by atoms with Crippen molar-refractivity contribution in [3.8, 4) is 0 Å². The molecule has 2 aromatic rings. The third-order valence-electron chi connectivity index (χ3n) is 5.65. The first-order chi connectivity index (χ1) is 12.0. The highest BCUT2D eigenvalue weighted by molar-refractivity contribution is 5.84. The van der Waals surface area contributed by atoms with Crippen LogP contribution in [0.4, 0.5) is 0 Å². The molecule has 4 atom stereocenters. The number of hydrogen-bond donors (Lipinski definition) is 2. The monoisotopic (exact) mass is 342 g/mol. The first-order valence-electron chi connectivity index (χ1n) is 9.46. The number of aromatic nitrogens is 1. The molecule has 0 spiro atoms. The topological polar surface area (TPSA) is 68.1 Å².